The minimum Gasteiger partial charge on any atom is -0.484 e. The monoisotopic (exact) mass is 478 g/mol. The van der Waals surface area contributed by atoms with E-state index in [1.165, 1.54) is 17.3 Å². The quantitative estimate of drug-likeness (QED) is 0.379. The summed E-state index contributed by atoms with van der Waals surface area (Å²) in [6, 6.07) is 12.9. The maximum atomic E-state index is 12.3. The zero-order valence-corrected chi connectivity index (χ0v) is 19.9. The number of carbonyl (C=O) groups excluding carboxylic acids is 1. The first kappa shape index (κ1) is 23.4. The van der Waals surface area contributed by atoms with E-state index in [0.717, 1.165) is 5.69 Å². The van der Waals surface area contributed by atoms with Gasteiger partial charge in [-0.25, -0.2) is 0 Å². The highest BCUT2D eigenvalue weighted by Crippen LogP contribution is 2.28. The molecule has 0 aliphatic carbocycles. The van der Waals surface area contributed by atoms with Crippen LogP contribution in [0.1, 0.15) is 38.1 Å². The van der Waals surface area contributed by atoms with Crippen molar-refractivity contribution in [3.8, 4) is 5.75 Å². The number of thioether (sulfide) groups is 1. The molecule has 0 saturated carbocycles. The van der Waals surface area contributed by atoms with Gasteiger partial charge in [-0.1, -0.05) is 60.9 Å². The number of hydrogen-bond acceptors (Lipinski definition) is 5. The predicted molar refractivity (Wildman–Crippen MR) is 126 cm³/mol. The molecule has 6 nitrogen and oxygen atoms in total. The number of nitrogens with one attached hydrogen (secondary N) is 1. The zero-order chi connectivity index (χ0) is 22.4. The van der Waals surface area contributed by atoms with Crippen molar-refractivity contribution in [2.45, 2.75) is 45.0 Å². The highest BCUT2D eigenvalue weighted by molar-refractivity contribution is 7.99. The smallest absolute Gasteiger partial charge is 0.234 e. The average Bonchev–Trinajstić information content (AvgIpc) is 3.14. The lowest BCUT2D eigenvalue weighted by molar-refractivity contribution is -0.113. The fourth-order valence-electron chi connectivity index (χ4n) is 2.86. The van der Waals surface area contributed by atoms with E-state index in [1.807, 2.05) is 35.8 Å². The standard InChI is InChI=1S/C22H24Cl2N4O2S/c1-4-28-20(12-30-19-10-7-16(23)11-18(19)24)26-27-22(28)31-13-21(29)25-17-8-5-15(6-9-17)14(2)3/h5-11,14H,4,12-13H2,1-3H3,(H,25,29). The molecule has 0 unspecified atom stereocenters. The number of nitrogens with zero attached hydrogens (tertiary/aromatic N) is 3. The van der Waals surface area contributed by atoms with Gasteiger partial charge in [0.2, 0.25) is 5.91 Å². The number of amides is 1. The van der Waals surface area contributed by atoms with Crippen molar-refractivity contribution >= 4 is 46.6 Å². The number of carbonyl (C=O) groups is 1. The molecular formula is C22H24Cl2N4O2S. The Morgan fingerprint density at radius 1 is 1.16 bits per heavy atom. The summed E-state index contributed by atoms with van der Waals surface area (Å²) < 4.78 is 7.68. The molecule has 1 aromatic heterocycles. The second-order valence-electron chi connectivity index (χ2n) is 7.12. The Morgan fingerprint density at radius 3 is 2.55 bits per heavy atom. The van der Waals surface area contributed by atoms with Gasteiger partial charge in [0.1, 0.15) is 12.4 Å². The minimum atomic E-state index is -0.0984. The van der Waals surface area contributed by atoms with Gasteiger partial charge in [-0.05, 0) is 48.7 Å². The third-order valence-corrected chi connectivity index (χ3v) is 6.05. The number of anilines is 1. The molecule has 1 heterocycles. The molecule has 0 radical (unpaired) electrons. The number of ether oxygens (including phenoxy) is 1. The van der Waals surface area contributed by atoms with Gasteiger partial charge in [0.05, 0.1) is 10.8 Å². The van der Waals surface area contributed by atoms with Gasteiger partial charge >= 0.3 is 0 Å². The Labute approximate surface area is 196 Å². The second kappa shape index (κ2) is 10.9. The van der Waals surface area contributed by atoms with Crippen LogP contribution in [0.5, 0.6) is 5.75 Å². The molecule has 2 aromatic carbocycles. The summed E-state index contributed by atoms with van der Waals surface area (Å²) in [6.07, 6.45) is 0. The Balaban J connectivity index is 1.56. The van der Waals surface area contributed by atoms with Gasteiger partial charge in [-0.3, -0.25) is 4.79 Å². The molecule has 164 valence electrons. The van der Waals surface area contributed by atoms with Crippen LogP contribution in [0.15, 0.2) is 47.6 Å². The number of benzene rings is 2. The van der Waals surface area contributed by atoms with Crippen molar-refractivity contribution in [3.05, 3.63) is 63.9 Å². The fourth-order valence-corrected chi connectivity index (χ4v) is 4.15. The van der Waals surface area contributed by atoms with E-state index in [1.54, 1.807) is 18.2 Å². The van der Waals surface area contributed by atoms with Gasteiger partial charge in [0, 0.05) is 17.3 Å². The van der Waals surface area contributed by atoms with E-state index in [9.17, 15) is 4.79 Å². The number of halogens is 2. The number of rotatable bonds is 9. The van der Waals surface area contributed by atoms with Crippen LogP contribution >= 0.6 is 35.0 Å². The molecular weight excluding hydrogens is 455 g/mol. The van der Waals surface area contributed by atoms with Crippen molar-refractivity contribution in [1.29, 1.82) is 0 Å². The van der Waals surface area contributed by atoms with Crippen molar-refractivity contribution in [2.75, 3.05) is 11.1 Å². The van der Waals surface area contributed by atoms with E-state index < -0.39 is 0 Å². The zero-order valence-electron chi connectivity index (χ0n) is 17.6. The predicted octanol–water partition coefficient (Wildman–Crippen LogP) is 6.04. The van der Waals surface area contributed by atoms with Gasteiger partial charge in [0.15, 0.2) is 11.0 Å². The first-order valence-corrected chi connectivity index (χ1v) is 11.6. The maximum Gasteiger partial charge on any atom is 0.234 e. The molecule has 3 rings (SSSR count). The highest BCUT2D eigenvalue weighted by atomic mass is 35.5. The molecule has 0 aliphatic rings. The SMILES string of the molecule is CCn1c(COc2ccc(Cl)cc2Cl)nnc1SCC(=O)Nc1ccc(C(C)C)cc1. The second-order valence-corrected chi connectivity index (χ2v) is 8.91. The fraction of sp³-hybridized carbons (Fsp3) is 0.318. The molecule has 0 atom stereocenters. The van der Waals surface area contributed by atoms with E-state index >= 15 is 0 Å². The molecule has 3 aromatic rings. The van der Waals surface area contributed by atoms with Crippen LogP contribution in [0.2, 0.25) is 10.0 Å². The van der Waals surface area contributed by atoms with Gasteiger partial charge in [-0.2, -0.15) is 0 Å². The van der Waals surface area contributed by atoms with Crippen molar-refractivity contribution in [2.24, 2.45) is 0 Å². The van der Waals surface area contributed by atoms with Crippen LogP contribution in [0.3, 0.4) is 0 Å². The summed E-state index contributed by atoms with van der Waals surface area (Å²) in [5, 5.41) is 13.0. The van der Waals surface area contributed by atoms with Crippen LogP contribution in [-0.4, -0.2) is 26.4 Å². The normalized spacial score (nSPS) is 11.0. The highest BCUT2D eigenvalue weighted by Gasteiger charge is 2.14. The molecule has 9 heteroatoms. The molecule has 1 N–H and O–H groups in total. The van der Waals surface area contributed by atoms with Crippen molar-refractivity contribution in [1.82, 2.24) is 14.8 Å². The number of hydrogen-bond donors (Lipinski definition) is 1. The van der Waals surface area contributed by atoms with Crippen molar-refractivity contribution < 1.29 is 9.53 Å². The molecule has 0 fully saturated rings. The van der Waals surface area contributed by atoms with E-state index in [0.29, 0.717) is 39.2 Å². The average molecular weight is 479 g/mol. The lowest BCUT2D eigenvalue weighted by atomic mass is 10.0. The van der Waals surface area contributed by atoms with E-state index in [-0.39, 0.29) is 18.3 Å². The summed E-state index contributed by atoms with van der Waals surface area (Å²) in [5.41, 5.74) is 2.01. The molecule has 1 amide bonds. The topological polar surface area (TPSA) is 69.0 Å². The molecule has 0 spiro atoms. The summed E-state index contributed by atoms with van der Waals surface area (Å²) in [6.45, 7) is 7.12. The van der Waals surface area contributed by atoms with E-state index in [4.69, 9.17) is 27.9 Å². The molecule has 31 heavy (non-hydrogen) atoms. The Morgan fingerprint density at radius 2 is 1.90 bits per heavy atom. The van der Waals surface area contributed by atoms with Crippen LogP contribution in [-0.2, 0) is 17.9 Å². The van der Waals surface area contributed by atoms with Gasteiger partial charge < -0.3 is 14.6 Å². The Hall–Kier alpha value is -2.22. The Bertz CT molecular complexity index is 1040. The lowest BCUT2D eigenvalue weighted by Gasteiger charge is -2.10. The summed E-state index contributed by atoms with van der Waals surface area (Å²) in [5.74, 6) is 1.76. The van der Waals surface area contributed by atoms with Crippen LogP contribution in [0.4, 0.5) is 5.69 Å². The Kier molecular flexibility index (Phi) is 8.23. The molecule has 0 bridgehead atoms. The minimum absolute atomic E-state index is 0.0984. The van der Waals surface area contributed by atoms with Crippen molar-refractivity contribution in [3.63, 3.8) is 0 Å². The summed E-state index contributed by atoms with van der Waals surface area (Å²) >= 11 is 13.4. The first-order chi connectivity index (χ1) is 14.9. The summed E-state index contributed by atoms with van der Waals surface area (Å²) in [4.78, 5) is 12.3. The van der Waals surface area contributed by atoms with Crippen LogP contribution in [0, 0.1) is 0 Å². The maximum absolute atomic E-state index is 12.3. The molecule has 0 saturated heterocycles. The van der Waals surface area contributed by atoms with Crippen LogP contribution in [0.25, 0.3) is 0 Å². The van der Waals surface area contributed by atoms with E-state index in [2.05, 4.69) is 29.4 Å². The lowest BCUT2D eigenvalue weighted by Crippen LogP contribution is -2.15. The van der Waals surface area contributed by atoms with Crippen LogP contribution < -0.4 is 10.1 Å². The number of aromatic nitrogens is 3. The third-order valence-electron chi connectivity index (χ3n) is 4.55. The molecule has 0 aliphatic heterocycles. The third kappa shape index (κ3) is 6.38. The first-order valence-electron chi connectivity index (χ1n) is 9.90. The largest absolute Gasteiger partial charge is 0.484 e. The van der Waals surface area contributed by atoms with Gasteiger partial charge in [0.25, 0.3) is 0 Å². The summed E-state index contributed by atoms with van der Waals surface area (Å²) in [7, 11) is 0. The van der Waals surface area contributed by atoms with Gasteiger partial charge in [-0.15, -0.1) is 10.2 Å².